The summed E-state index contributed by atoms with van der Waals surface area (Å²) in [6, 6.07) is 14.3. The van der Waals surface area contributed by atoms with Crippen LogP contribution in [0, 0.1) is 0 Å². The van der Waals surface area contributed by atoms with Gasteiger partial charge in [0.1, 0.15) is 16.7 Å². The van der Waals surface area contributed by atoms with Crippen molar-refractivity contribution in [3.05, 3.63) is 60.2 Å². The Labute approximate surface area is 152 Å². The van der Waals surface area contributed by atoms with Gasteiger partial charge >= 0.3 is 0 Å². The molecule has 26 heavy (non-hydrogen) atoms. The van der Waals surface area contributed by atoms with Crippen LogP contribution in [0.5, 0.6) is 5.75 Å². The minimum Gasteiger partial charge on any atom is -0.487 e. The van der Waals surface area contributed by atoms with Gasteiger partial charge in [-0.05, 0) is 30.2 Å². The standard InChI is InChI=1S/C20H19NO4S/c22-20(21-12-6-5-8-15-7-1-2-9-17(15)21)13-16-14-26(23,24)19-11-4-3-10-18(19)25-16/h1-5,7-11,16H,6,12-14H2. The zero-order chi connectivity index (χ0) is 18.1. The first-order valence-electron chi connectivity index (χ1n) is 8.59. The SMILES string of the molecule is O=C(CC1CS(=O)(=O)c2ccccc2O1)N1CCC=Cc2ccccc21. The third kappa shape index (κ3) is 3.12. The quantitative estimate of drug-likeness (QED) is 0.816. The van der Waals surface area contributed by atoms with E-state index in [1.54, 1.807) is 29.2 Å². The number of fused-ring (bicyclic) bond motifs is 2. The second-order valence-corrected chi connectivity index (χ2v) is 8.47. The van der Waals surface area contributed by atoms with E-state index < -0.39 is 15.9 Å². The molecule has 1 atom stereocenters. The van der Waals surface area contributed by atoms with Crippen molar-refractivity contribution in [3.63, 3.8) is 0 Å². The number of carbonyl (C=O) groups is 1. The summed E-state index contributed by atoms with van der Waals surface area (Å²) >= 11 is 0. The summed E-state index contributed by atoms with van der Waals surface area (Å²) in [4.78, 5) is 14.9. The van der Waals surface area contributed by atoms with Crippen molar-refractivity contribution in [2.75, 3.05) is 17.2 Å². The number of hydrogen-bond donors (Lipinski definition) is 0. The van der Waals surface area contributed by atoms with Crippen LogP contribution in [0.2, 0.25) is 0 Å². The number of hydrogen-bond acceptors (Lipinski definition) is 4. The lowest BCUT2D eigenvalue weighted by atomic mass is 10.1. The van der Waals surface area contributed by atoms with Crippen molar-refractivity contribution < 1.29 is 17.9 Å². The molecule has 2 aromatic carbocycles. The Morgan fingerprint density at radius 1 is 1.12 bits per heavy atom. The van der Waals surface area contributed by atoms with Gasteiger partial charge < -0.3 is 9.64 Å². The Bertz CT molecular complexity index is 981. The highest BCUT2D eigenvalue weighted by Crippen LogP contribution is 2.32. The van der Waals surface area contributed by atoms with E-state index in [-0.39, 0.29) is 23.0 Å². The number of sulfone groups is 1. The fraction of sp³-hybridized carbons (Fsp3) is 0.250. The molecule has 0 radical (unpaired) electrons. The molecule has 1 unspecified atom stereocenters. The van der Waals surface area contributed by atoms with E-state index in [1.165, 1.54) is 0 Å². The summed E-state index contributed by atoms with van der Waals surface area (Å²) < 4.78 is 30.8. The van der Waals surface area contributed by atoms with Gasteiger partial charge in [-0.2, -0.15) is 0 Å². The molecular weight excluding hydrogens is 350 g/mol. The van der Waals surface area contributed by atoms with Gasteiger partial charge in [0, 0.05) is 6.54 Å². The number of rotatable bonds is 2. The monoisotopic (exact) mass is 369 g/mol. The number of nitrogens with zero attached hydrogens (tertiary/aromatic N) is 1. The van der Waals surface area contributed by atoms with E-state index >= 15 is 0 Å². The molecular formula is C20H19NO4S. The van der Waals surface area contributed by atoms with Crippen LogP contribution in [0.4, 0.5) is 5.69 Å². The van der Waals surface area contributed by atoms with E-state index in [0.717, 1.165) is 17.7 Å². The Morgan fingerprint density at radius 3 is 2.77 bits per heavy atom. The first kappa shape index (κ1) is 16.8. The minimum atomic E-state index is -3.44. The number of anilines is 1. The Balaban J connectivity index is 1.57. The second kappa shape index (κ2) is 6.61. The molecule has 1 amide bonds. The number of benzene rings is 2. The maximum absolute atomic E-state index is 12.9. The van der Waals surface area contributed by atoms with Crippen LogP contribution < -0.4 is 9.64 Å². The van der Waals surface area contributed by atoms with Gasteiger partial charge in [-0.25, -0.2) is 8.42 Å². The van der Waals surface area contributed by atoms with Crippen molar-refractivity contribution >= 4 is 27.5 Å². The first-order valence-corrected chi connectivity index (χ1v) is 10.2. The molecule has 0 saturated heterocycles. The van der Waals surface area contributed by atoms with E-state index in [2.05, 4.69) is 0 Å². The zero-order valence-electron chi connectivity index (χ0n) is 14.2. The second-order valence-electron chi connectivity index (χ2n) is 6.47. The van der Waals surface area contributed by atoms with Gasteiger partial charge in [-0.3, -0.25) is 4.79 Å². The first-order chi connectivity index (χ1) is 12.5. The summed E-state index contributed by atoms with van der Waals surface area (Å²) in [6.45, 7) is 0.572. The molecule has 2 aromatic rings. The molecule has 0 bridgehead atoms. The van der Waals surface area contributed by atoms with Crippen LogP contribution in [-0.2, 0) is 14.6 Å². The number of para-hydroxylation sites is 2. The van der Waals surface area contributed by atoms with Gasteiger partial charge in [0.05, 0.1) is 17.9 Å². The van der Waals surface area contributed by atoms with Gasteiger partial charge in [-0.1, -0.05) is 42.5 Å². The van der Waals surface area contributed by atoms with Crippen LogP contribution in [-0.4, -0.2) is 32.7 Å². The average molecular weight is 369 g/mol. The van der Waals surface area contributed by atoms with Crippen LogP contribution in [0.1, 0.15) is 18.4 Å². The highest BCUT2D eigenvalue weighted by molar-refractivity contribution is 7.91. The highest BCUT2D eigenvalue weighted by atomic mass is 32.2. The molecule has 0 spiro atoms. The van der Waals surface area contributed by atoms with Crippen LogP contribution in [0.25, 0.3) is 6.08 Å². The molecule has 2 aliphatic rings. The van der Waals surface area contributed by atoms with Crippen molar-refractivity contribution in [1.29, 1.82) is 0 Å². The van der Waals surface area contributed by atoms with Crippen LogP contribution >= 0.6 is 0 Å². The van der Waals surface area contributed by atoms with Gasteiger partial charge in [-0.15, -0.1) is 0 Å². The summed E-state index contributed by atoms with van der Waals surface area (Å²) in [5, 5.41) is 0. The fourth-order valence-electron chi connectivity index (χ4n) is 3.43. The van der Waals surface area contributed by atoms with Gasteiger partial charge in [0.2, 0.25) is 5.91 Å². The molecule has 2 aliphatic heterocycles. The fourth-order valence-corrected chi connectivity index (χ4v) is 4.99. The summed E-state index contributed by atoms with van der Waals surface area (Å²) in [6.07, 6.45) is 4.17. The summed E-state index contributed by atoms with van der Waals surface area (Å²) in [7, 11) is -3.44. The van der Waals surface area contributed by atoms with Crippen molar-refractivity contribution in [2.24, 2.45) is 0 Å². The third-order valence-corrected chi connectivity index (χ3v) is 6.45. The number of amides is 1. The molecule has 4 rings (SSSR count). The topological polar surface area (TPSA) is 63.7 Å². The lowest BCUT2D eigenvalue weighted by molar-refractivity contribution is -0.120. The Hall–Kier alpha value is -2.60. The number of carbonyl (C=O) groups excluding carboxylic acids is 1. The smallest absolute Gasteiger partial charge is 0.230 e. The third-order valence-electron chi connectivity index (χ3n) is 4.63. The molecule has 2 heterocycles. The molecule has 0 aromatic heterocycles. The predicted octanol–water partition coefficient (Wildman–Crippen LogP) is 3.06. The lowest BCUT2D eigenvalue weighted by Crippen LogP contribution is -2.39. The predicted molar refractivity (Wildman–Crippen MR) is 100.0 cm³/mol. The Kier molecular flexibility index (Phi) is 4.28. The normalized spacial score (nSPS) is 20.5. The van der Waals surface area contributed by atoms with Crippen LogP contribution in [0.3, 0.4) is 0 Å². The van der Waals surface area contributed by atoms with Gasteiger partial charge in [0.15, 0.2) is 9.84 Å². The molecule has 6 heteroatoms. The van der Waals surface area contributed by atoms with E-state index in [1.807, 2.05) is 36.4 Å². The minimum absolute atomic E-state index is 0.0297. The van der Waals surface area contributed by atoms with Crippen molar-refractivity contribution in [1.82, 2.24) is 0 Å². The zero-order valence-corrected chi connectivity index (χ0v) is 15.0. The summed E-state index contributed by atoms with van der Waals surface area (Å²) in [5.41, 5.74) is 1.84. The maximum atomic E-state index is 12.9. The van der Waals surface area contributed by atoms with Crippen LogP contribution in [0.15, 0.2) is 59.5 Å². The molecule has 0 N–H and O–H groups in total. The van der Waals surface area contributed by atoms with Gasteiger partial charge in [0.25, 0.3) is 0 Å². The van der Waals surface area contributed by atoms with Crippen molar-refractivity contribution in [2.45, 2.75) is 23.8 Å². The summed E-state index contributed by atoms with van der Waals surface area (Å²) in [5.74, 6) is 0.0268. The average Bonchev–Trinajstić information content (AvgIpc) is 2.83. The van der Waals surface area contributed by atoms with Crippen molar-refractivity contribution in [3.8, 4) is 5.75 Å². The molecule has 0 aliphatic carbocycles. The van der Waals surface area contributed by atoms with E-state index in [0.29, 0.717) is 12.3 Å². The van der Waals surface area contributed by atoms with E-state index in [4.69, 9.17) is 4.74 Å². The maximum Gasteiger partial charge on any atom is 0.230 e. The molecule has 134 valence electrons. The number of ether oxygens (including phenoxy) is 1. The lowest BCUT2D eigenvalue weighted by Gasteiger charge is -2.28. The molecule has 5 nitrogen and oxygen atoms in total. The van der Waals surface area contributed by atoms with E-state index in [9.17, 15) is 13.2 Å². The molecule has 0 fully saturated rings. The molecule has 0 saturated carbocycles. The largest absolute Gasteiger partial charge is 0.487 e. The Morgan fingerprint density at radius 2 is 1.88 bits per heavy atom. The highest BCUT2D eigenvalue weighted by Gasteiger charge is 2.34.